The van der Waals surface area contributed by atoms with Crippen LogP contribution in [-0.4, -0.2) is 28.6 Å². The van der Waals surface area contributed by atoms with Gasteiger partial charge in [0.2, 0.25) is 0 Å². The molecule has 0 bridgehead atoms. The van der Waals surface area contributed by atoms with Gasteiger partial charge in [-0.05, 0) is 47.5 Å². The SMILES string of the molecule is O=S(=O)(Nc1cccc(-c2nnnn2C2CC2)c1)c1cccc(Cl)c1Cl. The molecule has 7 nitrogen and oxygen atoms in total. The molecular weight excluding hydrogens is 397 g/mol. The number of tetrazole rings is 1. The fourth-order valence-electron chi connectivity index (χ4n) is 2.57. The van der Waals surface area contributed by atoms with Gasteiger partial charge >= 0.3 is 0 Å². The molecule has 3 aromatic rings. The number of aromatic nitrogens is 4. The summed E-state index contributed by atoms with van der Waals surface area (Å²) in [6.07, 6.45) is 2.08. The lowest BCUT2D eigenvalue weighted by Crippen LogP contribution is -2.13. The first-order chi connectivity index (χ1) is 12.5. The summed E-state index contributed by atoms with van der Waals surface area (Å²) >= 11 is 12.0. The second-order valence-electron chi connectivity index (χ2n) is 5.92. The first-order valence-corrected chi connectivity index (χ1v) is 10.0. The summed E-state index contributed by atoms with van der Waals surface area (Å²) in [5, 5.41) is 11.9. The second-order valence-corrected chi connectivity index (χ2v) is 8.35. The number of hydrogen-bond donors (Lipinski definition) is 1. The van der Waals surface area contributed by atoms with Crippen LogP contribution in [0.1, 0.15) is 18.9 Å². The molecule has 1 aliphatic carbocycles. The molecule has 1 heterocycles. The highest BCUT2D eigenvalue weighted by atomic mass is 35.5. The quantitative estimate of drug-likeness (QED) is 0.692. The Morgan fingerprint density at radius 2 is 1.88 bits per heavy atom. The van der Waals surface area contributed by atoms with Gasteiger partial charge in [-0.3, -0.25) is 4.72 Å². The molecule has 0 spiro atoms. The van der Waals surface area contributed by atoms with Crippen LogP contribution in [0.2, 0.25) is 10.0 Å². The Labute approximate surface area is 160 Å². The Balaban J connectivity index is 1.67. The van der Waals surface area contributed by atoms with Gasteiger partial charge in [-0.25, -0.2) is 13.1 Å². The van der Waals surface area contributed by atoms with Crippen molar-refractivity contribution >= 4 is 38.9 Å². The van der Waals surface area contributed by atoms with Crippen LogP contribution in [0, 0.1) is 0 Å². The molecular formula is C16H13Cl2N5O2S. The van der Waals surface area contributed by atoms with E-state index in [9.17, 15) is 8.42 Å². The average molecular weight is 410 g/mol. The molecule has 0 amide bonds. The highest BCUT2D eigenvalue weighted by molar-refractivity contribution is 7.92. The number of anilines is 1. The minimum absolute atomic E-state index is 0.0181. The number of rotatable bonds is 5. The maximum atomic E-state index is 12.7. The predicted molar refractivity (Wildman–Crippen MR) is 98.8 cm³/mol. The van der Waals surface area contributed by atoms with Crippen molar-refractivity contribution in [2.24, 2.45) is 0 Å². The number of nitrogens with zero attached hydrogens (tertiary/aromatic N) is 4. The summed E-state index contributed by atoms with van der Waals surface area (Å²) in [5.74, 6) is 0.606. The molecule has 0 saturated heterocycles. The zero-order chi connectivity index (χ0) is 18.3. The van der Waals surface area contributed by atoms with Gasteiger partial charge in [-0.2, -0.15) is 0 Å². The molecule has 2 aromatic carbocycles. The molecule has 0 radical (unpaired) electrons. The molecule has 1 saturated carbocycles. The molecule has 10 heteroatoms. The fourth-order valence-corrected chi connectivity index (χ4v) is 4.38. The third kappa shape index (κ3) is 3.27. The standard InChI is InChI=1S/C16H13Cl2N5O2S/c17-13-5-2-6-14(15(13)18)26(24,25)20-11-4-1-3-10(9-11)16-19-21-22-23(16)12-7-8-12/h1-6,9,12,20H,7-8H2. The number of halogens is 2. The Hall–Kier alpha value is -2.16. The van der Waals surface area contributed by atoms with Crippen LogP contribution in [0.5, 0.6) is 0 Å². The molecule has 0 atom stereocenters. The minimum Gasteiger partial charge on any atom is -0.280 e. The minimum atomic E-state index is -3.89. The van der Waals surface area contributed by atoms with Crippen LogP contribution in [0.4, 0.5) is 5.69 Å². The summed E-state index contributed by atoms with van der Waals surface area (Å²) in [4.78, 5) is -0.0834. The van der Waals surface area contributed by atoms with Crippen molar-refractivity contribution < 1.29 is 8.42 Å². The van der Waals surface area contributed by atoms with E-state index in [4.69, 9.17) is 23.2 Å². The topological polar surface area (TPSA) is 89.8 Å². The third-order valence-electron chi connectivity index (χ3n) is 3.96. The van der Waals surface area contributed by atoms with E-state index in [1.807, 2.05) is 6.07 Å². The van der Waals surface area contributed by atoms with Gasteiger partial charge in [0.25, 0.3) is 10.0 Å². The lowest BCUT2D eigenvalue weighted by molar-refractivity contribution is 0.601. The van der Waals surface area contributed by atoms with Crippen LogP contribution < -0.4 is 4.72 Å². The van der Waals surface area contributed by atoms with E-state index in [0.29, 0.717) is 17.6 Å². The van der Waals surface area contributed by atoms with Gasteiger partial charge in [-0.1, -0.05) is 41.4 Å². The van der Waals surface area contributed by atoms with E-state index in [1.54, 1.807) is 22.9 Å². The molecule has 26 heavy (non-hydrogen) atoms. The molecule has 4 rings (SSSR count). The van der Waals surface area contributed by atoms with Crippen LogP contribution in [0.3, 0.4) is 0 Å². The summed E-state index contributed by atoms with van der Waals surface area (Å²) in [7, 11) is -3.89. The van der Waals surface area contributed by atoms with Gasteiger partial charge < -0.3 is 0 Å². The van der Waals surface area contributed by atoms with Gasteiger partial charge in [0, 0.05) is 11.3 Å². The molecule has 134 valence electrons. The number of nitrogens with one attached hydrogen (secondary N) is 1. The first kappa shape index (κ1) is 17.3. The second kappa shape index (κ2) is 6.53. The maximum absolute atomic E-state index is 12.7. The number of benzene rings is 2. The zero-order valence-electron chi connectivity index (χ0n) is 13.3. The van der Waals surface area contributed by atoms with Crippen molar-refractivity contribution in [3.8, 4) is 11.4 Å². The molecule has 1 N–H and O–H groups in total. The van der Waals surface area contributed by atoms with E-state index in [0.717, 1.165) is 18.4 Å². The van der Waals surface area contributed by atoms with Crippen LogP contribution in [0.25, 0.3) is 11.4 Å². The molecule has 1 aromatic heterocycles. The fraction of sp³-hybridized carbons (Fsp3) is 0.188. The smallest absolute Gasteiger partial charge is 0.263 e. The summed E-state index contributed by atoms with van der Waals surface area (Å²) in [5.41, 5.74) is 1.10. The van der Waals surface area contributed by atoms with E-state index < -0.39 is 10.0 Å². The Morgan fingerprint density at radius 3 is 2.65 bits per heavy atom. The number of sulfonamides is 1. The van der Waals surface area contributed by atoms with Crippen LogP contribution in [-0.2, 0) is 10.0 Å². The van der Waals surface area contributed by atoms with Crippen molar-refractivity contribution in [3.05, 3.63) is 52.5 Å². The highest BCUT2D eigenvalue weighted by Crippen LogP contribution is 2.37. The molecule has 0 unspecified atom stereocenters. The molecule has 1 aliphatic rings. The van der Waals surface area contributed by atoms with E-state index in [2.05, 4.69) is 20.2 Å². The molecule has 0 aliphatic heterocycles. The van der Waals surface area contributed by atoms with E-state index in [-0.39, 0.29) is 14.9 Å². The van der Waals surface area contributed by atoms with E-state index >= 15 is 0 Å². The maximum Gasteiger partial charge on any atom is 0.263 e. The van der Waals surface area contributed by atoms with Crippen molar-refractivity contribution in [2.45, 2.75) is 23.8 Å². The zero-order valence-corrected chi connectivity index (χ0v) is 15.6. The van der Waals surface area contributed by atoms with Crippen LogP contribution in [0.15, 0.2) is 47.4 Å². The van der Waals surface area contributed by atoms with Crippen molar-refractivity contribution in [2.75, 3.05) is 4.72 Å². The first-order valence-electron chi connectivity index (χ1n) is 7.81. The Kier molecular flexibility index (Phi) is 4.34. The summed E-state index contributed by atoms with van der Waals surface area (Å²) < 4.78 is 29.6. The summed E-state index contributed by atoms with van der Waals surface area (Å²) in [6.45, 7) is 0. The van der Waals surface area contributed by atoms with Crippen LogP contribution >= 0.6 is 23.2 Å². The third-order valence-corrected chi connectivity index (χ3v) is 6.32. The predicted octanol–water partition coefficient (Wildman–Crippen LogP) is 3.78. The monoisotopic (exact) mass is 409 g/mol. The highest BCUT2D eigenvalue weighted by Gasteiger charge is 2.28. The van der Waals surface area contributed by atoms with Gasteiger partial charge in [0.15, 0.2) is 5.82 Å². The Morgan fingerprint density at radius 1 is 1.12 bits per heavy atom. The lowest BCUT2D eigenvalue weighted by Gasteiger charge is -2.11. The largest absolute Gasteiger partial charge is 0.280 e. The van der Waals surface area contributed by atoms with Gasteiger partial charge in [0.05, 0.1) is 16.1 Å². The normalized spacial score (nSPS) is 14.4. The molecule has 1 fully saturated rings. The van der Waals surface area contributed by atoms with Gasteiger partial charge in [0.1, 0.15) is 4.90 Å². The summed E-state index contributed by atoms with van der Waals surface area (Å²) in [6, 6.07) is 11.7. The van der Waals surface area contributed by atoms with Crippen molar-refractivity contribution in [1.29, 1.82) is 0 Å². The Bertz CT molecular complexity index is 1080. The average Bonchev–Trinajstić information content (AvgIpc) is 3.33. The van der Waals surface area contributed by atoms with E-state index in [1.165, 1.54) is 18.2 Å². The number of hydrogen-bond acceptors (Lipinski definition) is 5. The van der Waals surface area contributed by atoms with Gasteiger partial charge in [-0.15, -0.1) is 5.10 Å². The van der Waals surface area contributed by atoms with Crippen molar-refractivity contribution in [3.63, 3.8) is 0 Å². The lowest BCUT2D eigenvalue weighted by atomic mass is 10.2. The van der Waals surface area contributed by atoms with Crippen molar-refractivity contribution in [1.82, 2.24) is 20.2 Å².